The summed E-state index contributed by atoms with van der Waals surface area (Å²) < 4.78 is 5.05. The number of aromatic hydroxyl groups is 1. The minimum absolute atomic E-state index is 0.0136. The van der Waals surface area contributed by atoms with Crippen molar-refractivity contribution in [3.05, 3.63) is 36.7 Å². The molecule has 0 unspecified atom stereocenters. The summed E-state index contributed by atoms with van der Waals surface area (Å²) in [6.07, 6.45) is 1.19. The second kappa shape index (κ2) is 6.88. The maximum atomic E-state index is 12.1. The van der Waals surface area contributed by atoms with Crippen LogP contribution in [0, 0.1) is 18.6 Å². The van der Waals surface area contributed by atoms with E-state index in [-0.39, 0.29) is 22.8 Å². The summed E-state index contributed by atoms with van der Waals surface area (Å²) in [5.74, 6) is -0.850. The quantitative estimate of drug-likeness (QED) is 0.445. The van der Waals surface area contributed by atoms with Gasteiger partial charge in [0.25, 0.3) is 5.56 Å². The third-order valence-electron chi connectivity index (χ3n) is 3.12. The summed E-state index contributed by atoms with van der Waals surface area (Å²) in [6, 6.07) is 0. The fourth-order valence-corrected chi connectivity index (χ4v) is 3.05. The molecule has 0 atom stereocenters. The number of aromatic nitrogens is 2. The van der Waals surface area contributed by atoms with Gasteiger partial charge in [0, 0.05) is 11.1 Å². The fourth-order valence-electron chi connectivity index (χ4n) is 1.87. The molecule has 2 rings (SSSR count). The van der Waals surface area contributed by atoms with Crippen molar-refractivity contribution < 1.29 is 14.6 Å². The van der Waals surface area contributed by atoms with Crippen LogP contribution in [0.2, 0.25) is 0 Å². The molecule has 0 bridgehead atoms. The Morgan fingerprint density at radius 1 is 1.43 bits per heavy atom. The lowest BCUT2D eigenvalue weighted by Gasteiger charge is -2.02. The molecule has 0 aliphatic rings. The van der Waals surface area contributed by atoms with E-state index in [0.717, 1.165) is 10.4 Å². The largest absolute Gasteiger partial charge is 0.494 e. The molecule has 0 saturated carbocycles. The van der Waals surface area contributed by atoms with E-state index in [9.17, 15) is 14.7 Å². The van der Waals surface area contributed by atoms with Crippen molar-refractivity contribution >= 4 is 40.7 Å². The Morgan fingerprint density at radius 3 is 2.74 bits per heavy atom. The van der Waals surface area contributed by atoms with Crippen LogP contribution >= 0.6 is 23.6 Å². The average Bonchev–Trinajstić information content (AvgIpc) is 2.73. The van der Waals surface area contributed by atoms with E-state index in [1.807, 2.05) is 6.92 Å². The monoisotopic (exact) mass is 353 g/mol. The van der Waals surface area contributed by atoms with Crippen LogP contribution in [0.15, 0.2) is 9.79 Å². The maximum Gasteiger partial charge on any atom is 0.341 e. The number of aromatic amines is 2. The predicted molar refractivity (Wildman–Crippen MR) is 90.9 cm³/mol. The van der Waals surface area contributed by atoms with Crippen LogP contribution in [0.4, 0.5) is 5.00 Å². The first-order chi connectivity index (χ1) is 10.8. The number of ether oxygens (including phenoxy) is 1. The molecule has 2 aromatic rings. The van der Waals surface area contributed by atoms with Crippen molar-refractivity contribution in [3.8, 4) is 5.88 Å². The molecule has 0 fully saturated rings. The van der Waals surface area contributed by atoms with Crippen molar-refractivity contribution in [3.63, 3.8) is 0 Å². The number of nitrogens with zero attached hydrogens (tertiary/aromatic N) is 1. The molecule has 122 valence electrons. The van der Waals surface area contributed by atoms with E-state index in [4.69, 9.17) is 17.0 Å². The molecular formula is C14H15N3O4S2. The third-order valence-corrected chi connectivity index (χ3v) is 4.44. The normalized spacial score (nSPS) is 11.1. The molecule has 0 aromatic carbocycles. The summed E-state index contributed by atoms with van der Waals surface area (Å²) in [5.41, 5.74) is 0.506. The van der Waals surface area contributed by atoms with E-state index in [2.05, 4.69) is 15.0 Å². The van der Waals surface area contributed by atoms with Gasteiger partial charge in [0.1, 0.15) is 10.6 Å². The number of hydrogen-bond acceptors (Lipinski definition) is 7. The number of thiophene rings is 1. The zero-order valence-corrected chi connectivity index (χ0v) is 14.4. The Labute approximate surface area is 140 Å². The van der Waals surface area contributed by atoms with Gasteiger partial charge in [-0.3, -0.25) is 9.78 Å². The highest BCUT2D eigenvalue weighted by atomic mass is 32.1. The highest BCUT2D eigenvalue weighted by molar-refractivity contribution is 7.71. The van der Waals surface area contributed by atoms with Gasteiger partial charge in [-0.05, 0) is 38.6 Å². The first-order valence-corrected chi connectivity index (χ1v) is 7.94. The molecule has 2 heterocycles. The standard InChI is InChI=1S/C14H15N3O4S2/c1-4-21-13(20)9-6(2)7(3)23-12(9)15-5-8-10(18)16-14(22)17-11(8)19/h5H,4H2,1-3H3,(H3,16,17,18,19,22). The van der Waals surface area contributed by atoms with Crippen LogP contribution in [0.3, 0.4) is 0 Å². The first kappa shape index (κ1) is 17.1. The van der Waals surface area contributed by atoms with Crippen LogP contribution in [-0.4, -0.2) is 33.9 Å². The van der Waals surface area contributed by atoms with Crippen molar-refractivity contribution in [2.75, 3.05) is 6.61 Å². The van der Waals surface area contributed by atoms with Crippen LogP contribution in [0.25, 0.3) is 0 Å². The number of aliphatic imine (C=N–C) groups is 1. The van der Waals surface area contributed by atoms with Gasteiger partial charge in [0.15, 0.2) is 4.77 Å². The molecule has 0 radical (unpaired) electrons. The predicted octanol–water partition coefficient (Wildman–Crippen LogP) is 2.74. The molecule has 23 heavy (non-hydrogen) atoms. The van der Waals surface area contributed by atoms with Crippen LogP contribution in [0.1, 0.15) is 33.3 Å². The Kier molecular flexibility index (Phi) is 5.12. The number of nitrogens with one attached hydrogen (secondary N) is 2. The second-order valence-corrected chi connectivity index (χ2v) is 6.22. The lowest BCUT2D eigenvalue weighted by Crippen LogP contribution is -2.13. The molecule has 9 heteroatoms. The Hall–Kier alpha value is -2.26. The van der Waals surface area contributed by atoms with E-state index in [1.54, 1.807) is 13.8 Å². The minimum Gasteiger partial charge on any atom is -0.494 e. The second-order valence-electron chi connectivity index (χ2n) is 4.61. The number of carbonyl (C=O) groups is 1. The molecule has 3 N–H and O–H groups in total. The summed E-state index contributed by atoms with van der Waals surface area (Å²) in [4.78, 5) is 33.7. The minimum atomic E-state index is -0.572. The van der Waals surface area contributed by atoms with Crippen molar-refractivity contribution in [2.45, 2.75) is 20.8 Å². The highest BCUT2D eigenvalue weighted by Crippen LogP contribution is 2.35. The van der Waals surface area contributed by atoms with E-state index in [0.29, 0.717) is 10.6 Å². The van der Waals surface area contributed by atoms with Gasteiger partial charge in [-0.25, -0.2) is 9.79 Å². The highest BCUT2D eigenvalue weighted by Gasteiger charge is 2.20. The summed E-state index contributed by atoms with van der Waals surface area (Å²) >= 11 is 6.06. The van der Waals surface area contributed by atoms with Gasteiger partial charge in [-0.1, -0.05) is 0 Å². The molecule has 0 spiro atoms. The van der Waals surface area contributed by atoms with Crippen LogP contribution in [-0.2, 0) is 4.74 Å². The van der Waals surface area contributed by atoms with Gasteiger partial charge in [-0.2, -0.15) is 0 Å². The lowest BCUT2D eigenvalue weighted by molar-refractivity contribution is 0.0527. The number of aryl methyl sites for hydroxylation is 1. The van der Waals surface area contributed by atoms with Crippen molar-refractivity contribution in [1.82, 2.24) is 9.97 Å². The lowest BCUT2D eigenvalue weighted by atomic mass is 10.1. The number of H-pyrrole nitrogens is 2. The topological polar surface area (TPSA) is 108 Å². The Morgan fingerprint density at radius 2 is 2.13 bits per heavy atom. The van der Waals surface area contributed by atoms with Gasteiger partial charge < -0.3 is 14.8 Å². The van der Waals surface area contributed by atoms with Gasteiger partial charge >= 0.3 is 5.97 Å². The third kappa shape index (κ3) is 3.57. The molecule has 7 nitrogen and oxygen atoms in total. The molecular weight excluding hydrogens is 338 g/mol. The summed E-state index contributed by atoms with van der Waals surface area (Å²) in [6.45, 7) is 5.65. The zero-order chi connectivity index (χ0) is 17.1. The van der Waals surface area contributed by atoms with E-state index in [1.165, 1.54) is 17.6 Å². The number of esters is 1. The zero-order valence-electron chi connectivity index (χ0n) is 12.7. The molecule has 0 aliphatic heterocycles. The van der Waals surface area contributed by atoms with Crippen LogP contribution < -0.4 is 5.56 Å². The molecule has 0 aliphatic carbocycles. The smallest absolute Gasteiger partial charge is 0.341 e. The number of rotatable bonds is 4. The molecule has 0 amide bonds. The molecule has 0 saturated heterocycles. The summed E-state index contributed by atoms with van der Waals surface area (Å²) in [7, 11) is 0. The van der Waals surface area contributed by atoms with Gasteiger partial charge in [0.2, 0.25) is 5.88 Å². The Balaban J connectivity index is 2.49. The first-order valence-electron chi connectivity index (χ1n) is 6.71. The number of carbonyl (C=O) groups excluding carboxylic acids is 1. The van der Waals surface area contributed by atoms with E-state index < -0.39 is 11.5 Å². The van der Waals surface area contributed by atoms with E-state index >= 15 is 0 Å². The van der Waals surface area contributed by atoms with Crippen LogP contribution in [0.5, 0.6) is 5.88 Å². The average molecular weight is 353 g/mol. The Bertz CT molecular complexity index is 892. The SMILES string of the molecule is CCOC(=O)c1c(N=Cc2c(O)[nH]c(=S)[nH]c2=O)sc(C)c1C. The van der Waals surface area contributed by atoms with Gasteiger partial charge in [-0.15, -0.1) is 11.3 Å². The fraction of sp³-hybridized carbons (Fsp3) is 0.286. The van der Waals surface area contributed by atoms with Gasteiger partial charge in [0.05, 0.1) is 12.2 Å². The summed E-state index contributed by atoms with van der Waals surface area (Å²) in [5, 5.41) is 10.2. The van der Waals surface area contributed by atoms with Crippen molar-refractivity contribution in [2.24, 2.45) is 4.99 Å². The van der Waals surface area contributed by atoms with Crippen molar-refractivity contribution in [1.29, 1.82) is 0 Å². The maximum absolute atomic E-state index is 12.1. The number of hydrogen-bond donors (Lipinski definition) is 3. The molecule has 2 aromatic heterocycles.